The van der Waals surface area contributed by atoms with E-state index in [9.17, 15) is 23.3 Å². The molecule has 0 aliphatic carbocycles. The minimum absolute atomic E-state index is 0.0194. The number of nitrogens with zero attached hydrogens (tertiary/aromatic N) is 4. The Morgan fingerprint density at radius 2 is 1.79 bits per heavy atom. The van der Waals surface area contributed by atoms with Crippen LogP contribution in [-0.4, -0.2) is 63.3 Å². The van der Waals surface area contributed by atoms with Crippen LogP contribution >= 0.6 is 11.6 Å². The highest BCUT2D eigenvalue weighted by atomic mass is 35.5. The highest BCUT2D eigenvalue weighted by Gasteiger charge is 2.36. The van der Waals surface area contributed by atoms with E-state index in [1.54, 1.807) is 48.5 Å². The number of hydrogen-bond donors (Lipinski definition) is 2. The summed E-state index contributed by atoms with van der Waals surface area (Å²) in [5.41, 5.74) is 8.10. The van der Waals surface area contributed by atoms with Gasteiger partial charge in [0.15, 0.2) is 0 Å². The molecule has 11 nitrogen and oxygen atoms in total. The lowest BCUT2D eigenvalue weighted by atomic mass is 9.90. The third-order valence-electron chi connectivity index (χ3n) is 6.18. The Kier molecular flexibility index (Phi) is 7.91. The van der Waals surface area contributed by atoms with Crippen molar-refractivity contribution in [2.45, 2.75) is 5.92 Å². The van der Waals surface area contributed by atoms with Crippen LogP contribution in [-0.2, 0) is 14.8 Å². The normalized spacial score (nSPS) is 15.3. The maximum absolute atomic E-state index is 13.1. The molecular formula is C26H27ClN6O5S. The number of nitro benzene ring substituents is 1. The number of likely N-dealkylation sites (N-methyl/N-ethyl adjacent to an activating group) is 1. The van der Waals surface area contributed by atoms with Crippen molar-refractivity contribution in [1.82, 2.24) is 4.90 Å². The molecule has 0 saturated heterocycles. The molecule has 3 aromatic rings. The Balaban J connectivity index is 1.82. The predicted octanol–water partition coefficient (Wildman–Crippen LogP) is 4.01. The molecule has 0 bridgehead atoms. The van der Waals surface area contributed by atoms with Crippen LogP contribution in [0.4, 0.5) is 28.4 Å². The molecule has 204 valence electrons. The van der Waals surface area contributed by atoms with Crippen LogP contribution in [0.1, 0.15) is 17.0 Å². The monoisotopic (exact) mass is 570 g/mol. The van der Waals surface area contributed by atoms with Crippen molar-refractivity contribution in [3.63, 3.8) is 0 Å². The summed E-state index contributed by atoms with van der Waals surface area (Å²) in [7, 11) is 0.172. The first kappa shape index (κ1) is 28.0. The lowest BCUT2D eigenvalue weighted by Crippen LogP contribution is -2.35. The van der Waals surface area contributed by atoms with Crippen LogP contribution in [0, 0.1) is 10.1 Å². The maximum atomic E-state index is 13.1. The zero-order valence-electron chi connectivity index (χ0n) is 21.5. The van der Waals surface area contributed by atoms with E-state index in [-0.39, 0.29) is 29.5 Å². The molecule has 0 spiro atoms. The molecule has 0 saturated carbocycles. The number of aliphatic imine (C=N–C) groups is 1. The Morgan fingerprint density at radius 3 is 2.41 bits per heavy atom. The van der Waals surface area contributed by atoms with Crippen molar-refractivity contribution >= 4 is 61.7 Å². The largest absolute Gasteiger partial charge is 0.393 e. The number of anilines is 3. The molecule has 3 N–H and O–H groups in total. The van der Waals surface area contributed by atoms with Crippen LogP contribution in [0.3, 0.4) is 0 Å². The highest BCUT2D eigenvalue weighted by Crippen LogP contribution is 2.38. The van der Waals surface area contributed by atoms with Gasteiger partial charge in [0.1, 0.15) is 11.6 Å². The van der Waals surface area contributed by atoms with Crippen LogP contribution < -0.4 is 15.4 Å². The maximum Gasteiger partial charge on any atom is 0.292 e. The molecule has 0 fully saturated rings. The van der Waals surface area contributed by atoms with Crippen LogP contribution in [0.5, 0.6) is 0 Å². The van der Waals surface area contributed by atoms with Crippen molar-refractivity contribution in [1.29, 1.82) is 0 Å². The first-order valence-corrected chi connectivity index (χ1v) is 14.0. The standard InChI is InChI=1S/C26H27ClN6O5S/c1-31(2)12-13-32(39(3,37)38)19-8-6-18(7-9-19)29-25(16-4-11-21(28)23(14-16)33(35)36)24-20-10-5-17(27)15-22(20)30-26(24)34/h4-11,14-15,24H,12-13,28H2,1-3H3,(H,30,34). The van der Waals surface area contributed by atoms with Gasteiger partial charge in [-0.25, -0.2) is 8.42 Å². The van der Waals surface area contributed by atoms with Crippen LogP contribution in [0.2, 0.25) is 5.02 Å². The molecule has 0 aromatic heterocycles. The highest BCUT2D eigenvalue weighted by molar-refractivity contribution is 7.92. The molecule has 1 atom stereocenters. The molecular weight excluding hydrogens is 544 g/mol. The van der Waals surface area contributed by atoms with Crippen molar-refractivity contribution in [2.75, 3.05) is 48.8 Å². The van der Waals surface area contributed by atoms with Gasteiger partial charge in [-0.05, 0) is 62.1 Å². The molecule has 1 aliphatic heterocycles. The molecule has 13 heteroatoms. The van der Waals surface area contributed by atoms with Gasteiger partial charge in [0.2, 0.25) is 15.9 Å². The number of sulfonamides is 1. The number of nitrogens with one attached hydrogen (secondary N) is 1. The van der Waals surface area contributed by atoms with Crippen molar-refractivity contribution in [2.24, 2.45) is 4.99 Å². The third-order valence-corrected chi connectivity index (χ3v) is 7.61. The predicted molar refractivity (Wildman–Crippen MR) is 154 cm³/mol. The Labute approximate surface area is 231 Å². The smallest absolute Gasteiger partial charge is 0.292 e. The molecule has 39 heavy (non-hydrogen) atoms. The van der Waals surface area contributed by atoms with Gasteiger partial charge in [-0.2, -0.15) is 0 Å². The molecule has 0 radical (unpaired) electrons. The van der Waals surface area contributed by atoms with Crippen molar-refractivity contribution in [3.8, 4) is 0 Å². The average Bonchev–Trinajstić information content (AvgIpc) is 3.17. The molecule has 1 aliphatic rings. The second-order valence-corrected chi connectivity index (χ2v) is 11.7. The van der Waals surface area contributed by atoms with Gasteiger partial charge in [0, 0.05) is 35.4 Å². The zero-order chi connectivity index (χ0) is 28.5. The number of rotatable bonds is 9. The van der Waals surface area contributed by atoms with E-state index in [1.165, 1.54) is 16.4 Å². The molecule has 1 unspecified atom stereocenters. The molecule has 3 aromatic carbocycles. The second-order valence-electron chi connectivity index (χ2n) is 9.34. The number of halogens is 1. The molecule has 1 heterocycles. The summed E-state index contributed by atoms with van der Waals surface area (Å²) < 4.78 is 26.1. The fourth-order valence-corrected chi connectivity index (χ4v) is 5.36. The quantitative estimate of drug-likeness (QED) is 0.171. The Morgan fingerprint density at radius 1 is 1.10 bits per heavy atom. The third kappa shape index (κ3) is 6.19. The Hall–Kier alpha value is -4.00. The number of nitrogen functional groups attached to an aromatic ring is 1. The lowest BCUT2D eigenvalue weighted by molar-refractivity contribution is -0.383. The summed E-state index contributed by atoms with van der Waals surface area (Å²) in [6.07, 6.45) is 1.14. The van der Waals surface area contributed by atoms with E-state index in [2.05, 4.69) is 5.32 Å². The Bertz CT molecular complexity index is 1570. The molecule has 4 rings (SSSR count). The fourth-order valence-electron chi connectivity index (χ4n) is 4.27. The number of carbonyl (C=O) groups excluding carboxylic acids is 1. The SMILES string of the molecule is CN(C)CCN(c1ccc(N=C(c2ccc(N)c([N+](=O)[O-])c2)C2C(=O)Nc3cc(Cl)ccc32)cc1)S(C)(=O)=O. The summed E-state index contributed by atoms with van der Waals surface area (Å²) >= 11 is 6.11. The molecule has 1 amide bonds. The van der Waals surface area contributed by atoms with E-state index in [4.69, 9.17) is 22.3 Å². The van der Waals surface area contributed by atoms with Gasteiger partial charge < -0.3 is 16.0 Å². The van der Waals surface area contributed by atoms with Gasteiger partial charge in [-0.1, -0.05) is 23.7 Å². The summed E-state index contributed by atoms with van der Waals surface area (Å²) in [5, 5.41) is 14.8. The van der Waals surface area contributed by atoms with E-state index in [1.807, 2.05) is 19.0 Å². The van der Waals surface area contributed by atoms with Crippen LogP contribution in [0.15, 0.2) is 65.7 Å². The number of fused-ring (bicyclic) bond motifs is 1. The van der Waals surface area contributed by atoms with Gasteiger partial charge in [0.25, 0.3) is 5.69 Å². The summed E-state index contributed by atoms with van der Waals surface area (Å²) in [6.45, 7) is 0.781. The summed E-state index contributed by atoms with van der Waals surface area (Å²) in [4.78, 5) is 30.8. The average molecular weight is 571 g/mol. The van der Waals surface area contributed by atoms with E-state index < -0.39 is 20.9 Å². The first-order valence-electron chi connectivity index (χ1n) is 11.8. The van der Waals surface area contributed by atoms with Crippen molar-refractivity contribution < 1.29 is 18.1 Å². The number of nitro groups is 1. The lowest BCUT2D eigenvalue weighted by Gasteiger charge is -2.24. The summed E-state index contributed by atoms with van der Waals surface area (Å²) in [5.74, 6) is -1.25. The van der Waals surface area contributed by atoms with Crippen LogP contribution in [0.25, 0.3) is 0 Å². The topological polar surface area (TPSA) is 151 Å². The first-order chi connectivity index (χ1) is 18.3. The van der Waals surface area contributed by atoms with E-state index >= 15 is 0 Å². The van der Waals surface area contributed by atoms with Crippen molar-refractivity contribution in [3.05, 3.63) is 86.9 Å². The number of hydrogen-bond acceptors (Lipinski definition) is 8. The van der Waals surface area contributed by atoms with Gasteiger partial charge in [0.05, 0.1) is 28.3 Å². The number of nitrogens with two attached hydrogens (primary N) is 1. The summed E-state index contributed by atoms with van der Waals surface area (Å²) in [6, 6.07) is 15.8. The van der Waals surface area contributed by atoms with E-state index in [0.29, 0.717) is 39.8 Å². The second kappa shape index (κ2) is 11.0. The minimum atomic E-state index is -3.54. The fraction of sp³-hybridized carbons (Fsp3) is 0.231. The minimum Gasteiger partial charge on any atom is -0.393 e. The van der Waals surface area contributed by atoms with Gasteiger partial charge >= 0.3 is 0 Å². The van der Waals surface area contributed by atoms with Gasteiger partial charge in [-0.3, -0.25) is 24.2 Å². The number of amides is 1. The number of carbonyl (C=O) groups is 1. The van der Waals surface area contributed by atoms with Gasteiger partial charge in [-0.15, -0.1) is 0 Å². The number of benzene rings is 3. The zero-order valence-corrected chi connectivity index (χ0v) is 23.0. The van der Waals surface area contributed by atoms with E-state index in [0.717, 1.165) is 6.26 Å².